The van der Waals surface area contributed by atoms with Gasteiger partial charge in [0.1, 0.15) is 0 Å². The van der Waals surface area contributed by atoms with Crippen molar-refractivity contribution in [1.82, 2.24) is 4.90 Å². The van der Waals surface area contributed by atoms with E-state index in [0.29, 0.717) is 0 Å². The minimum Gasteiger partial charge on any atom is -0.411 e. The quantitative estimate of drug-likeness (QED) is 0.561. The summed E-state index contributed by atoms with van der Waals surface area (Å²) in [6.07, 6.45) is 1.96. The Morgan fingerprint density at radius 3 is 2.40 bits per heavy atom. The first-order valence-corrected chi connectivity index (χ1v) is 5.40. The Bertz CT molecular complexity index is 301. The zero-order valence-corrected chi connectivity index (χ0v) is 10.5. The van der Waals surface area contributed by atoms with E-state index >= 15 is 0 Å². The van der Waals surface area contributed by atoms with Gasteiger partial charge in [0.2, 0.25) is 0 Å². The van der Waals surface area contributed by atoms with Crippen LogP contribution in [0.5, 0.6) is 0 Å². The Labute approximate surface area is 92.5 Å². The highest BCUT2D eigenvalue weighted by atomic mass is 16.4. The van der Waals surface area contributed by atoms with Crippen molar-refractivity contribution in [3.8, 4) is 0 Å². The third-order valence-electron chi connectivity index (χ3n) is 2.85. The van der Waals surface area contributed by atoms with Crippen molar-refractivity contribution in [2.24, 2.45) is 10.6 Å². The van der Waals surface area contributed by atoms with E-state index in [0.717, 1.165) is 25.1 Å². The van der Waals surface area contributed by atoms with Crippen LogP contribution in [0.25, 0.3) is 0 Å². The van der Waals surface area contributed by atoms with Gasteiger partial charge in [0, 0.05) is 6.54 Å². The number of likely N-dealkylation sites (N-methyl/N-ethyl adjacent to an activating group) is 1. The number of nitrogens with zero attached hydrogens (tertiary/aromatic N) is 2. The molecule has 86 valence electrons. The molecule has 0 spiro atoms. The summed E-state index contributed by atoms with van der Waals surface area (Å²) in [4.78, 5) is 2.11. The molecule has 0 saturated heterocycles. The fourth-order valence-electron chi connectivity index (χ4n) is 2.33. The van der Waals surface area contributed by atoms with Crippen LogP contribution >= 0.6 is 0 Å². The van der Waals surface area contributed by atoms with Crippen LogP contribution in [-0.4, -0.2) is 36.5 Å². The van der Waals surface area contributed by atoms with Crippen LogP contribution in [0.3, 0.4) is 0 Å². The average molecular weight is 210 g/mol. The monoisotopic (exact) mass is 210 g/mol. The van der Waals surface area contributed by atoms with Gasteiger partial charge in [0.15, 0.2) is 0 Å². The Balaban J connectivity index is 3.00. The third kappa shape index (κ3) is 3.06. The maximum atomic E-state index is 9.06. The second kappa shape index (κ2) is 4.35. The third-order valence-corrected chi connectivity index (χ3v) is 2.85. The van der Waals surface area contributed by atoms with Gasteiger partial charge in [-0.15, -0.1) is 0 Å². The summed E-state index contributed by atoms with van der Waals surface area (Å²) in [5.74, 6) is 0. The molecule has 3 heteroatoms. The number of rotatable bonds is 2. The van der Waals surface area contributed by atoms with Crippen molar-refractivity contribution < 1.29 is 5.21 Å². The van der Waals surface area contributed by atoms with Crippen molar-refractivity contribution in [3.63, 3.8) is 0 Å². The van der Waals surface area contributed by atoms with Gasteiger partial charge in [-0.25, -0.2) is 0 Å². The van der Waals surface area contributed by atoms with Crippen LogP contribution in [0.1, 0.15) is 33.6 Å². The lowest BCUT2D eigenvalue weighted by atomic mass is 9.73. The molecule has 1 N–H and O–H groups in total. The van der Waals surface area contributed by atoms with Crippen molar-refractivity contribution in [1.29, 1.82) is 0 Å². The standard InChI is InChI=1S/C12H22N2O/c1-9-6-12(2,3)7-11(13-15)10(9)8-14(4)5/h15H,6-8H2,1-5H3/b13-11-. The summed E-state index contributed by atoms with van der Waals surface area (Å²) in [6.45, 7) is 7.44. The maximum Gasteiger partial charge on any atom is 0.0845 e. The van der Waals surface area contributed by atoms with E-state index in [-0.39, 0.29) is 5.41 Å². The lowest BCUT2D eigenvalue weighted by Crippen LogP contribution is -2.30. The molecule has 0 unspecified atom stereocenters. The van der Waals surface area contributed by atoms with Gasteiger partial charge in [-0.2, -0.15) is 0 Å². The Hall–Kier alpha value is -0.830. The Morgan fingerprint density at radius 2 is 1.93 bits per heavy atom. The molecule has 3 nitrogen and oxygen atoms in total. The molecule has 1 aliphatic rings. The Morgan fingerprint density at radius 1 is 1.33 bits per heavy atom. The average Bonchev–Trinajstić information content (AvgIpc) is 2.08. The predicted molar refractivity (Wildman–Crippen MR) is 63.5 cm³/mol. The highest BCUT2D eigenvalue weighted by Crippen LogP contribution is 2.37. The zero-order valence-electron chi connectivity index (χ0n) is 10.5. The van der Waals surface area contributed by atoms with Crippen LogP contribution in [0.15, 0.2) is 16.3 Å². The first-order valence-electron chi connectivity index (χ1n) is 5.40. The molecule has 15 heavy (non-hydrogen) atoms. The van der Waals surface area contributed by atoms with Gasteiger partial charge in [-0.3, -0.25) is 0 Å². The van der Waals surface area contributed by atoms with Crippen LogP contribution in [0.4, 0.5) is 0 Å². The number of hydrogen-bond donors (Lipinski definition) is 1. The molecule has 0 aliphatic heterocycles. The summed E-state index contributed by atoms with van der Waals surface area (Å²) < 4.78 is 0. The highest BCUT2D eigenvalue weighted by Gasteiger charge is 2.30. The molecule has 0 aromatic rings. The van der Waals surface area contributed by atoms with E-state index in [9.17, 15) is 0 Å². The summed E-state index contributed by atoms with van der Waals surface area (Å²) in [6, 6.07) is 0. The molecular formula is C12H22N2O. The fourth-order valence-corrected chi connectivity index (χ4v) is 2.33. The molecule has 0 radical (unpaired) electrons. The van der Waals surface area contributed by atoms with E-state index in [1.807, 2.05) is 14.1 Å². The molecule has 0 saturated carbocycles. The second-order valence-electron chi connectivity index (χ2n) is 5.56. The lowest BCUT2D eigenvalue weighted by molar-refractivity contribution is 0.304. The van der Waals surface area contributed by atoms with Crippen molar-refractivity contribution in [2.75, 3.05) is 20.6 Å². The fraction of sp³-hybridized carbons (Fsp3) is 0.750. The maximum absolute atomic E-state index is 9.06. The first kappa shape index (κ1) is 12.2. The van der Waals surface area contributed by atoms with E-state index in [4.69, 9.17) is 5.21 Å². The second-order valence-corrected chi connectivity index (χ2v) is 5.56. The number of allylic oxidation sites excluding steroid dienone is 1. The molecule has 0 heterocycles. The Kier molecular flexibility index (Phi) is 3.55. The summed E-state index contributed by atoms with van der Waals surface area (Å²) in [5.41, 5.74) is 3.65. The molecule has 0 aromatic carbocycles. The van der Waals surface area contributed by atoms with Gasteiger partial charge in [0.25, 0.3) is 0 Å². The van der Waals surface area contributed by atoms with E-state index in [1.165, 1.54) is 11.1 Å². The number of oxime groups is 1. The first-order chi connectivity index (χ1) is 6.85. The molecule has 0 amide bonds. The van der Waals surface area contributed by atoms with Crippen molar-refractivity contribution in [3.05, 3.63) is 11.1 Å². The molecule has 1 aliphatic carbocycles. The van der Waals surface area contributed by atoms with Crippen LogP contribution in [0.2, 0.25) is 0 Å². The van der Waals surface area contributed by atoms with E-state index in [2.05, 4.69) is 30.8 Å². The van der Waals surface area contributed by atoms with Gasteiger partial charge in [-0.1, -0.05) is 24.6 Å². The van der Waals surface area contributed by atoms with Crippen LogP contribution < -0.4 is 0 Å². The van der Waals surface area contributed by atoms with Gasteiger partial charge in [-0.05, 0) is 44.8 Å². The molecule has 0 fully saturated rings. The highest BCUT2D eigenvalue weighted by molar-refractivity contribution is 6.02. The smallest absolute Gasteiger partial charge is 0.0845 e. The SMILES string of the molecule is CC1=C(CN(C)C)/C(=N\O)CC(C)(C)C1. The van der Waals surface area contributed by atoms with Gasteiger partial charge >= 0.3 is 0 Å². The molecular weight excluding hydrogens is 188 g/mol. The molecule has 1 rings (SSSR count). The molecule has 0 aromatic heterocycles. The van der Waals surface area contributed by atoms with Crippen molar-refractivity contribution in [2.45, 2.75) is 33.6 Å². The van der Waals surface area contributed by atoms with Gasteiger partial charge in [0.05, 0.1) is 5.71 Å². The lowest BCUT2D eigenvalue weighted by Gasteiger charge is -2.33. The van der Waals surface area contributed by atoms with Crippen LogP contribution in [0, 0.1) is 5.41 Å². The van der Waals surface area contributed by atoms with Gasteiger partial charge < -0.3 is 10.1 Å². The summed E-state index contributed by atoms with van der Waals surface area (Å²) in [7, 11) is 4.07. The van der Waals surface area contributed by atoms with E-state index < -0.39 is 0 Å². The minimum atomic E-state index is 0.224. The topological polar surface area (TPSA) is 35.8 Å². The zero-order chi connectivity index (χ0) is 11.6. The van der Waals surface area contributed by atoms with Crippen LogP contribution in [-0.2, 0) is 0 Å². The summed E-state index contributed by atoms with van der Waals surface area (Å²) >= 11 is 0. The predicted octanol–water partition coefficient (Wildman–Crippen LogP) is 2.51. The normalized spacial score (nSPS) is 24.0. The minimum absolute atomic E-state index is 0.224. The molecule has 0 bridgehead atoms. The largest absolute Gasteiger partial charge is 0.411 e. The van der Waals surface area contributed by atoms with Crippen molar-refractivity contribution >= 4 is 5.71 Å². The number of hydrogen-bond acceptors (Lipinski definition) is 3. The summed E-state index contributed by atoms with van der Waals surface area (Å²) in [5, 5.41) is 12.5. The molecule has 0 atom stereocenters. The van der Waals surface area contributed by atoms with E-state index in [1.54, 1.807) is 0 Å².